The Morgan fingerprint density at radius 3 is 2.31 bits per heavy atom. The van der Waals surface area contributed by atoms with Crippen LogP contribution in [-0.4, -0.2) is 17.4 Å². The van der Waals surface area contributed by atoms with Gasteiger partial charge < -0.3 is 0 Å². The van der Waals surface area contributed by atoms with Crippen molar-refractivity contribution in [1.82, 2.24) is 0 Å². The molecule has 0 aromatic heterocycles. The molecule has 0 aliphatic heterocycles. The number of hydrogen-bond donors (Lipinski definition) is 0. The minimum absolute atomic E-state index is 0.0316. The number of aliphatic imine (C=N–C) groups is 1. The van der Waals surface area contributed by atoms with Gasteiger partial charge in [0.15, 0.2) is 0 Å². The van der Waals surface area contributed by atoms with Gasteiger partial charge in [-0.25, -0.2) is 9.79 Å². The maximum Gasteiger partial charge on any atom is 0.235 e. The van der Waals surface area contributed by atoms with Crippen LogP contribution in [-0.2, 0) is 9.59 Å². The van der Waals surface area contributed by atoms with E-state index in [1.165, 1.54) is 0 Å². The van der Waals surface area contributed by atoms with E-state index in [1.54, 1.807) is 6.08 Å². The Balaban J connectivity index is 4.17. The molecule has 0 N–H and O–H groups in total. The van der Waals surface area contributed by atoms with Gasteiger partial charge in [0.2, 0.25) is 11.3 Å². The molecule has 16 heavy (non-hydrogen) atoms. The molecule has 0 rings (SSSR count). The van der Waals surface area contributed by atoms with Crippen LogP contribution in [0.2, 0.25) is 0 Å². The quantitative estimate of drug-likeness (QED) is 0.374. The summed E-state index contributed by atoms with van der Waals surface area (Å²) in [7, 11) is 0. The van der Waals surface area contributed by atoms with Gasteiger partial charge in [-0.05, 0) is 42.7 Å². The number of carbonyl (C=O) groups excluding carboxylic acids is 2. The van der Waals surface area contributed by atoms with E-state index in [4.69, 9.17) is 11.6 Å². The first-order valence-corrected chi connectivity index (χ1v) is 6.10. The van der Waals surface area contributed by atoms with Gasteiger partial charge in [-0.15, -0.1) is 0 Å². The lowest BCUT2D eigenvalue weighted by Gasteiger charge is -2.19. The molecular formula is C12H20ClNO2. The molecule has 0 saturated heterocycles. The second kappa shape index (κ2) is 8.49. The summed E-state index contributed by atoms with van der Waals surface area (Å²) in [4.78, 5) is 24.8. The number of nitrogens with zero attached hydrogens (tertiary/aromatic N) is 1. The number of isocyanates is 1. The average molecular weight is 246 g/mol. The van der Waals surface area contributed by atoms with Crippen molar-refractivity contribution in [3.63, 3.8) is 0 Å². The van der Waals surface area contributed by atoms with Crippen molar-refractivity contribution in [1.29, 1.82) is 0 Å². The van der Waals surface area contributed by atoms with E-state index in [0.29, 0.717) is 18.8 Å². The maximum atomic E-state index is 10.7. The minimum Gasteiger partial charge on any atom is -0.281 e. The van der Waals surface area contributed by atoms with E-state index in [0.717, 1.165) is 12.8 Å². The molecular weight excluding hydrogens is 226 g/mol. The maximum absolute atomic E-state index is 10.7. The Bertz CT molecular complexity index is 260. The van der Waals surface area contributed by atoms with Crippen LogP contribution >= 0.6 is 11.6 Å². The third kappa shape index (κ3) is 7.61. The van der Waals surface area contributed by atoms with Crippen molar-refractivity contribution in [3.05, 3.63) is 0 Å². The zero-order valence-electron chi connectivity index (χ0n) is 10.2. The van der Waals surface area contributed by atoms with Crippen molar-refractivity contribution < 1.29 is 9.59 Å². The van der Waals surface area contributed by atoms with Crippen LogP contribution < -0.4 is 0 Å². The molecule has 0 spiro atoms. The molecule has 0 saturated carbocycles. The summed E-state index contributed by atoms with van der Waals surface area (Å²) in [5.41, 5.74) is 0. The van der Waals surface area contributed by atoms with Gasteiger partial charge in [0.1, 0.15) is 0 Å². The van der Waals surface area contributed by atoms with Gasteiger partial charge >= 0.3 is 0 Å². The van der Waals surface area contributed by atoms with Crippen molar-refractivity contribution in [2.24, 2.45) is 16.8 Å². The van der Waals surface area contributed by atoms with Gasteiger partial charge in [0, 0.05) is 6.42 Å². The van der Waals surface area contributed by atoms with Crippen molar-refractivity contribution >= 4 is 22.9 Å². The van der Waals surface area contributed by atoms with E-state index in [9.17, 15) is 9.59 Å². The highest BCUT2D eigenvalue weighted by Crippen LogP contribution is 2.20. The van der Waals surface area contributed by atoms with Gasteiger partial charge in [0.25, 0.3) is 0 Å². The predicted octanol–water partition coefficient (Wildman–Crippen LogP) is 3.31. The number of hydrogen-bond acceptors (Lipinski definition) is 3. The fourth-order valence-electron chi connectivity index (χ4n) is 1.58. The molecule has 0 aliphatic rings. The Hall–Kier alpha value is -0.660. The lowest BCUT2D eigenvalue weighted by molar-refractivity contribution is -0.111. The van der Waals surface area contributed by atoms with Crippen molar-refractivity contribution in [2.75, 3.05) is 0 Å². The number of carbonyl (C=O) groups is 1. The molecule has 4 heteroatoms. The zero-order chi connectivity index (χ0) is 12.6. The molecule has 0 aromatic carbocycles. The summed E-state index contributed by atoms with van der Waals surface area (Å²) < 4.78 is 0. The summed E-state index contributed by atoms with van der Waals surface area (Å²) in [6.45, 7) is 6.26. The Morgan fingerprint density at radius 1 is 1.25 bits per heavy atom. The SMILES string of the molecule is CC(C)CCC(N=C=O)C(C)CCC(=O)Cl. The zero-order valence-corrected chi connectivity index (χ0v) is 11.0. The van der Waals surface area contributed by atoms with Crippen LogP contribution in [0.5, 0.6) is 0 Å². The summed E-state index contributed by atoms with van der Waals surface area (Å²) in [6, 6.07) is -0.0316. The van der Waals surface area contributed by atoms with Crippen LogP contribution in [0.15, 0.2) is 4.99 Å². The molecule has 0 radical (unpaired) electrons. The second-order valence-corrected chi connectivity index (χ2v) is 5.05. The topological polar surface area (TPSA) is 46.5 Å². The summed E-state index contributed by atoms with van der Waals surface area (Å²) in [5, 5.41) is -0.329. The first kappa shape index (κ1) is 15.3. The van der Waals surface area contributed by atoms with E-state index < -0.39 is 0 Å². The van der Waals surface area contributed by atoms with E-state index in [-0.39, 0.29) is 17.2 Å². The minimum atomic E-state index is -0.329. The lowest BCUT2D eigenvalue weighted by Crippen LogP contribution is -2.17. The summed E-state index contributed by atoms with van der Waals surface area (Å²) in [5.74, 6) is 0.786. The smallest absolute Gasteiger partial charge is 0.235 e. The van der Waals surface area contributed by atoms with Gasteiger partial charge in [-0.3, -0.25) is 4.79 Å². The average Bonchev–Trinajstić information content (AvgIpc) is 2.20. The van der Waals surface area contributed by atoms with Gasteiger partial charge in [-0.1, -0.05) is 20.8 Å². The van der Waals surface area contributed by atoms with Crippen molar-refractivity contribution in [3.8, 4) is 0 Å². The normalized spacial score (nSPS) is 14.3. The predicted molar refractivity (Wildman–Crippen MR) is 65.2 cm³/mol. The first-order valence-electron chi connectivity index (χ1n) is 5.72. The summed E-state index contributed by atoms with van der Waals surface area (Å²) >= 11 is 5.28. The Morgan fingerprint density at radius 2 is 1.88 bits per heavy atom. The second-order valence-electron chi connectivity index (χ2n) is 4.63. The molecule has 0 aromatic rings. The molecule has 3 nitrogen and oxygen atoms in total. The van der Waals surface area contributed by atoms with Crippen LogP contribution in [0.3, 0.4) is 0 Å². The third-order valence-corrected chi connectivity index (χ3v) is 2.90. The first-order chi connectivity index (χ1) is 7.47. The Labute approximate surface area is 102 Å². The highest BCUT2D eigenvalue weighted by atomic mass is 35.5. The Kier molecular flexibility index (Phi) is 8.14. The molecule has 0 bridgehead atoms. The molecule has 0 aliphatic carbocycles. The molecule has 2 unspecified atom stereocenters. The molecule has 0 fully saturated rings. The molecule has 0 heterocycles. The van der Waals surface area contributed by atoms with Gasteiger partial charge in [0.05, 0.1) is 6.04 Å². The van der Waals surface area contributed by atoms with E-state index >= 15 is 0 Å². The summed E-state index contributed by atoms with van der Waals surface area (Å²) in [6.07, 6.45) is 4.53. The van der Waals surface area contributed by atoms with Crippen LogP contribution in [0.4, 0.5) is 0 Å². The standard InChI is InChI=1S/C12H20ClNO2/c1-9(2)4-6-11(14-8-15)10(3)5-7-12(13)16/h9-11H,4-7H2,1-3H3. The molecule has 2 atom stereocenters. The molecule has 0 amide bonds. The highest BCUT2D eigenvalue weighted by Gasteiger charge is 2.17. The van der Waals surface area contributed by atoms with Crippen LogP contribution in [0, 0.1) is 11.8 Å². The monoisotopic (exact) mass is 245 g/mol. The van der Waals surface area contributed by atoms with Crippen LogP contribution in [0.1, 0.15) is 46.5 Å². The largest absolute Gasteiger partial charge is 0.281 e. The fraction of sp³-hybridized carbons (Fsp3) is 0.833. The molecule has 92 valence electrons. The van der Waals surface area contributed by atoms with E-state index in [1.807, 2.05) is 6.92 Å². The highest BCUT2D eigenvalue weighted by molar-refractivity contribution is 6.63. The number of halogens is 1. The fourth-order valence-corrected chi connectivity index (χ4v) is 1.69. The lowest BCUT2D eigenvalue weighted by atomic mass is 9.91. The van der Waals surface area contributed by atoms with Crippen molar-refractivity contribution in [2.45, 2.75) is 52.5 Å². The van der Waals surface area contributed by atoms with Crippen LogP contribution in [0.25, 0.3) is 0 Å². The van der Waals surface area contributed by atoms with Gasteiger partial charge in [-0.2, -0.15) is 0 Å². The van der Waals surface area contributed by atoms with E-state index in [2.05, 4.69) is 18.8 Å². The number of rotatable bonds is 8. The third-order valence-electron chi connectivity index (χ3n) is 2.71.